The summed E-state index contributed by atoms with van der Waals surface area (Å²) in [5, 5.41) is 12.4. The first-order valence-electron chi connectivity index (χ1n) is 14.7. The predicted molar refractivity (Wildman–Crippen MR) is 152 cm³/mol. The first-order valence-corrected chi connectivity index (χ1v) is 14.7. The highest BCUT2D eigenvalue weighted by molar-refractivity contribution is 5.90. The minimum Gasteiger partial charge on any atom is -0.462 e. The van der Waals surface area contributed by atoms with Crippen LogP contribution in [0, 0.1) is 16.7 Å². The highest BCUT2D eigenvalue weighted by Crippen LogP contribution is 2.69. The van der Waals surface area contributed by atoms with Crippen molar-refractivity contribution in [3.8, 4) is 0 Å². The SMILES string of the molecule is C=C1CCC[C@H]2[C@@]1(C)[C@@H](OC(=O)c1ccccc1)[C@H](O)[C@]1(C)O[C@]3(COC(=O)C3)C[C@H](OC(=O)c3ccccc3)[C@]21C. The summed E-state index contributed by atoms with van der Waals surface area (Å²) in [6.07, 6.45) is -0.609. The number of aliphatic hydroxyl groups excluding tert-OH is 1. The summed E-state index contributed by atoms with van der Waals surface area (Å²) >= 11 is 0. The lowest BCUT2D eigenvalue weighted by Crippen LogP contribution is -2.79. The van der Waals surface area contributed by atoms with Crippen molar-refractivity contribution >= 4 is 17.9 Å². The fraction of sp³-hybridized carbons (Fsp3) is 0.500. The normalized spacial score (nSPS) is 39.1. The topological polar surface area (TPSA) is 108 Å². The zero-order valence-electron chi connectivity index (χ0n) is 24.3. The number of hydrogen-bond donors (Lipinski definition) is 1. The molecule has 2 heterocycles. The molecule has 2 aliphatic carbocycles. The number of rotatable bonds is 4. The quantitative estimate of drug-likeness (QED) is 0.307. The molecule has 2 aromatic rings. The summed E-state index contributed by atoms with van der Waals surface area (Å²) in [5.74, 6) is -1.70. The standard InChI is InChI=1S/C34H38O8/c1-21-12-11-17-24-31(21,2)28(41-30(38)23-15-9-6-10-16-23)27(36)33(4)32(24,3)25(18-34(42-33)19-26(35)39-20-34)40-29(37)22-13-7-5-8-14-22/h5-10,13-16,24-25,27-28,36H,1,11-12,17-20H2,2-4H3/t24-,25-,27-,28-,31-,32-,33-,34+/m0/s1. The molecule has 42 heavy (non-hydrogen) atoms. The van der Waals surface area contributed by atoms with Crippen LogP contribution >= 0.6 is 0 Å². The van der Waals surface area contributed by atoms with Crippen LogP contribution in [0.5, 0.6) is 0 Å². The van der Waals surface area contributed by atoms with Gasteiger partial charge in [0.15, 0.2) is 0 Å². The van der Waals surface area contributed by atoms with E-state index in [1.165, 1.54) is 0 Å². The van der Waals surface area contributed by atoms with Crippen molar-refractivity contribution < 1.29 is 38.4 Å². The molecule has 8 nitrogen and oxygen atoms in total. The number of aliphatic hydroxyl groups is 1. The molecule has 0 aromatic heterocycles. The van der Waals surface area contributed by atoms with Gasteiger partial charge in [0.2, 0.25) is 0 Å². The second kappa shape index (κ2) is 10.1. The molecule has 4 fully saturated rings. The Bertz CT molecular complexity index is 1410. The van der Waals surface area contributed by atoms with E-state index in [0.717, 1.165) is 18.4 Å². The Labute approximate surface area is 246 Å². The van der Waals surface area contributed by atoms with E-state index in [0.29, 0.717) is 17.5 Å². The van der Waals surface area contributed by atoms with Gasteiger partial charge in [-0.2, -0.15) is 0 Å². The average Bonchev–Trinajstić information content (AvgIpc) is 3.34. The number of hydrogen-bond acceptors (Lipinski definition) is 8. The summed E-state index contributed by atoms with van der Waals surface area (Å²) < 4.78 is 24.8. The Morgan fingerprint density at radius 3 is 2.12 bits per heavy atom. The predicted octanol–water partition coefficient (Wildman–Crippen LogP) is 5.05. The van der Waals surface area contributed by atoms with E-state index in [1.807, 2.05) is 26.0 Å². The zero-order chi connectivity index (χ0) is 29.9. The molecule has 8 atom stereocenters. The minimum absolute atomic E-state index is 0.0211. The average molecular weight is 575 g/mol. The summed E-state index contributed by atoms with van der Waals surface area (Å²) in [4.78, 5) is 39.4. The first-order chi connectivity index (χ1) is 19.9. The van der Waals surface area contributed by atoms with Crippen molar-refractivity contribution in [2.75, 3.05) is 6.61 Å². The number of esters is 3. The highest BCUT2D eigenvalue weighted by atomic mass is 16.6. The maximum atomic E-state index is 13.5. The molecule has 4 aliphatic rings. The van der Waals surface area contributed by atoms with Gasteiger partial charge in [0.1, 0.15) is 36.1 Å². The van der Waals surface area contributed by atoms with E-state index in [4.69, 9.17) is 18.9 Å². The van der Waals surface area contributed by atoms with Gasteiger partial charge < -0.3 is 24.1 Å². The molecule has 2 aliphatic heterocycles. The lowest BCUT2D eigenvalue weighted by atomic mass is 9.41. The van der Waals surface area contributed by atoms with Crippen LogP contribution in [0.1, 0.15) is 73.6 Å². The van der Waals surface area contributed by atoms with E-state index in [-0.39, 0.29) is 25.4 Å². The Balaban J connectivity index is 1.47. The van der Waals surface area contributed by atoms with Gasteiger partial charge in [0.05, 0.1) is 17.5 Å². The first kappa shape index (κ1) is 28.6. The van der Waals surface area contributed by atoms with Gasteiger partial charge >= 0.3 is 17.9 Å². The van der Waals surface area contributed by atoms with E-state index < -0.39 is 58.3 Å². The third kappa shape index (κ3) is 4.14. The van der Waals surface area contributed by atoms with Crippen LogP contribution in [-0.4, -0.2) is 59.1 Å². The van der Waals surface area contributed by atoms with E-state index in [9.17, 15) is 19.5 Å². The second-order valence-electron chi connectivity index (χ2n) is 12.9. The molecule has 222 valence electrons. The Kier molecular flexibility index (Phi) is 6.85. The molecule has 0 unspecified atom stereocenters. The summed E-state index contributed by atoms with van der Waals surface area (Å²) in [6, 6.07) is 17.4. The van der Waals surface area contributed by atoms with E-state index in [2.05, 4.69) is 6.58 Å². The molecule has 1 N–H and O–H groups in total. The number of cyclic esters (lactones) is 1. The summed E-state index contributed by atoms with van der Waals surface area (Å²) in [7, 11) is 0. The number of benzene rings is 2. The molecule has 8 heteroatoms. The van der Waals surface area contributed by atoms with Gasteiger partial charge in [0.25, 0.3) is 0 Å². The summed E-state index contributed by atoms with van der Waals surface area (Å²) in [5.41, 5.74) is -2.63. The van der Waals surface area contributed by atoms with E-state index in [1.54, 1.807) is 55.5 Å². The number of fused-ring (bicyclic) bond motifs is 3. The minimum atomic E-state index is -1.38. The second-order valence-corrected chi connectivity index (χ2v) is 12.9. The summed E-state index contributed by atoms with van der Waals surface area (Å²) in [6.45, 7) is 10.2. The fourth-order valence-corrected chi connectivity index (χ4v) is 8.35. The van der Waals surface area contributed by atoms with Gasteiger partial charge in [-0.1, -0.05) is 62.4 Å². The van der Waals surface area contributed by atoms with Crippen molar-refractivity contribution in [1.29, 1.82) is 0 Å². The molecule has 1 spiro atoms. The van der Waals surface area contributed by atoms with Crippen LogP contribution in [0.3, 0.4) is 0 Å². The third-order valence-electron chi connectivity index (χ3n) is 10.8. The molecule has 6 rings (SSSR count). The van der Waals surface area contributed by atoms with E-state index >= 15 is 0 Å². The maximum Gasteiger partial charge on any atom is 0.338 e. The fourth-order valence-electron chi connectivity index (χ4n) is 8.35. The number of carbonyl (C=O) groups excluding carboxylic acids is 3. The van der Waals surface area contributed by atoms with Crippen molar-refractivity contribution in [3.63, 3.8) is 0 Å². The Morgan fingerprint density at radius 2 is 1.55 bits per heavy atom. The third-order valence-corrected chi connectivity index (χ3v) is 10.8. The van der Waals surface area contributed by atoms with Crippen LogP contribution in [0.2, 0.25) is 0 Å². The van der Waals surface area contributed by atoms with Crippen molar-refractivity contribution in [2.24, 2.45) is 16.7 Å². The molecule has 0 bridgehead atoms. The maximum absolute atomic E-state index is 13.5. The van der Waals surface area contributed by atoms with Crippen molar-refractivity contribution in [3.05, 3.63) is 83.9 Å². The molecule has 2 aromatic carbocycles. The molecular weight excluding hydrogens is 536 g/mol. The van der Waals surface area contributed by atoms with Crippen LogP contribution in [-0.2, 0) is 23.7 Å². The van der Waals surface area contributed by atoms with Crippen LogP contribution in [0.25, 0.3) is 0 Å². The monoisotopic (exact) mass is 574 g/mol. The van der Waals surface area contributed by atoms with Gasteiger partial charge in [-0.05, 0) is 56.4 Å². The lowest BCUT2D eigenvalue weighted by Gasteiger charge is -2.70. The molecular formula is C34H38O8. The largest absolute Gasteiger partial charge is 0.462 e. The van der Waals surface area contributed by atoms with Crippen LogP contribution in [0.15, 0.2) is 72.8 Å². The molecule has 2 saturated heterocycles. The number of carbonyl (C=O) groups is 3. The molecule has 0 amide bonds. The van der Waals surface area contributed by atoms with Gasteiger partial charge in [-0.25, -0.2) is 9.59 Å². The zero-order valence-corrected chi connectivity index (χ0v) is 24.3. The van der Waals surface area contributed by atoms with Gasteiger partial charge in [0, 0.05) is 17.3 Å². The van der Waals surface area contributed by atoms with Crippen molar-refractivity contribution in [1.82, 2.24) is 0 Å². The Hall–Kier alpha value is -3.49. The highest BCUT2D eigenvalue weighted by Gasteiger charge is 2.76. The number of ether oxygens (including phenoxy) is 4. The van der Waals surface area contributed by atoms with Crippen LogP contribution in [0.4, 0.5) is 0 Å². The Morgan fingerprint density at radius 1 is 0.952 bits per heavy atom. The van der Waals surface area contributed by atoms with Gasteiger partial charge in [-0.15, -0.1) is 0 Å². The molecule has 0 radical (unpaired) electrons. The van der Waals surface area contributed by atoms with Crippen LogP contribution < -0.4 is 0 Å². The van der Waals surface area contributed by atoms with Crippen molar-refractivity contribution in [2.45, 2.75) is 82.4 Å². The lowest BCUT2D eigenvalue weighted by molar-refractivity contribution is -0.362. The van der Waals surface area contributed by atoms with Gasteiger partial charge in [-0.3, -0.25) is 4.79 Å². The molecule has 2 saturated carbocycles. The smallest absolute Gasteiger partial charge is 0.338 e.